The number of carbonyl (C=O) groups excluding carboxylic acids is 1. The standard InChI is InChI=1S/C18H27NO/c1-4-12-19(18(20)17-10-11-17)13-14(2)15(3)16-8-6-5-7-9-16/h5-9,14-15,17H,4,10-13H2,1-3H3. The molecule has 2 atom stereocenters. The SMILES string of the molecule is CCCN(CC(C)C(C)c1ccccc1)C(=O)C1CC1. The van der Waals surface area contributed by atoms with Crippen molar-refractivity contribution >= 4 is 5.91 Å². The van der Waals surface area contributed by atoms with Gasteiger partial charge in [-0.05, 0) is 36.7 Å². The van der Waals surface area contributed by atoms with Crippen molar-refractivity contribution in [1.29, 1.82) is 0 Å². The second-order valence-electron chi connectivity index (χ2n) is 6.24. The lowest BCUT2D eigenvalue weighted by Crippen LogP contribution is -2.37. The van der Waals surface area contributed by atoms with Crippen molar-refractivity contribution in [2.45, 2.75) is 46.0 Å². The van der Waals surface area contributed by atoms with Gasteiger partial charge < -0.3 is 4.90 Å². The molecule has 20 heavy (non-hydrogen) atoms. The molecule has 2 rings (SSSR count). The lowest BCUT2D eigenvalue weighted by molar-refractivity contribution is -0.133. The minimum absolute atomic E-state index is 0.334. The molecule has 2 unspecified atom stereocenters. The van der Waals surface area contributed by atoms with Crippen LogP contribution in [0.5, 0.6) is 0 Å². The molecule has 1 aromatic rings. The average Bonchev–Trinajstić information content (AvgIpc) is 3.30. The van der Waals surface area contributed by atoms with Crippen LogP contribution in [0.2, 0.25) is 0 Å². The zero-order valence-corrected chi connectivity index (χ0v) is 13.0. The van der Waals surface area contributed by atoms with E-state index in [1.807, 2.05) is 0 Å². The van der Waals surface area contributed by atoms with Crippen LogP contribution in [0.3, 0.4) is 0 Å². The number of hydrogen-bond acceptors (Lipinski definition) is 1. The number of benzene rings is 1. The van der Waals surface area contributed by atoms with E-state index in [2.05, 4.69) is 56.0 Å². The number of nitrogens with zero attached hydrogens (tertiary/aromatic N) is 1. The van der Waals surface area contributed by atoms with Gasteiger partial charge in [0.15, 0.2) is 0 Å². The first-order valence-corrected chi connectivity index (χ1v) is 7.97. The number of rotatable bonds is 7. The topological polar surface area (TPSA) is 20.3 Å². The van der Waals surface area contributed by atoms with Crippen LogP contribution in [0.4, 0.5) is 0 Å². The quantitative estimate of drug-likeness (QED) is 0.733. The Morgan fingerprint density at radius 2 is 1.90 bits per heavy atom. The van der Waals surface area contributed by atoms with E-state index in [4.69, 9.17) is 0 Å². The molecule has 1 fully saturated rings. The molecular formula is C18H27NO. The summed E-state index contributed by atoms with van der Waals surface area (Å²) in [6.07, 6.45) is 3.24. The first kappa shape index (κ1) is 15.1. The summed E-state index contributed by atoms with van der Waals surface area (Å²) in [6.45, 7) is 8.48. The first-order chi connectivity index (χ1) is 9.63. The summed E-state index contributed by atoms with van der Waals surface area (Å²) < 4.78 is 0. The summed E-state index contributed by atoms with van der Waals surface area (Å²) in [5, 5.41) is 0. The van der Waals surface area contributed by atoms with E-state index in [9.17, 15) is 4.79 Å². The third-order valence-corrected chi connectivity index (χ3v) is 4.42. The fraction of sp³-hybridized carbons (Fsp3) is 0.611. The Kier molecular flexibility index (Phi) is 5.22. The summed E-state index contributed by atoms with van der Waals surface area (Å²) in [5.74, 6) is 1.70. The number of hydrogen-bond donors (Lipinski definition) is 0. The highest BCUT2D eigenvalue weighted by atomic mass is 16.2. The molecule has 110 valence electrons. The molecule has 2 nitrogen and oxygen atoms in total. The van der Waals surface area contributed by atoms with Crippen molar-refractivity contribution in [3.05, 3.63) is 35.9 Å². The molecule has 0 aromatic heterocycles. The molecule has 2 heteroatoms. The Hall–Kier alpha value is -1.31. The van der Waals surface area contributed by atoms with Crippen LogP contribution in [0, 0.1) is 11.8 Å². The van der Waals surface area contributed by atoms with Crippen LogP contribution in [0.1, 0.15) is 51.5 Å². The average molecular weight is 273 g/mol. The molecule has 1 aromatic carbocycles. The summed E-state index contributed by atoms with van der Waals surface area (Å²) in [5.41, 5.74) is 1.37. The molecule has 0 spiro atoms. The predicted octanol–water partition coefficient (Wildman–Crippen LogP) is 4.07. The van der Waals surface area contributed by atoms with Gasteiger partial charge in [0.1, 0.15) is 0 Å². The van der Waals surface area contributed by atoms with Crippen molar-refractivity contribution in [3.8, 4) is 0 Å². The van der Waals surface area contributed by atoms with Crippen molar-refractivity contribution in [2.24, 2.45) is 11.8 Å². The summed E-state index contributed by atoms with van der Waals surface area (Å²) in [7, 11) is 0. The smallest absolute Gasteiger partial charge is 0.225 e. The van der Waals surface area contributed by atoms with Crippen LogP contribution >= 0.6 is 0 Å². The van der Waals surface area contributed by atoms with Gasteiger partial charge in [-0.25, -0.2) is 0 Å². The van der Waals surface area contributed by atoms with E-state index in [0.717, 1.165) is 32.4 Å². The Balaban J connectivity index is 1.96. The van der Waals surface area contributed by atoms with Crippen molar-refractivity contribution < 1.29 is 4.79 Å². The van der Waals surface area contributed by atoms with Crippen LogP contribution in [-0.2, 0) is 4.79 Å². The summed E-state index contributed by atoms with van der Waals surface area (Å²) in [4.78, 5) is 14.4. The highest BCUT2D eigenvalue weighted by Gasteiger charge is 2.33. The zero-order chi connectivity index (χ0) is 14.5. The molecule has 0 saturated heterocycles. The maximum Gasteiger partial charge on any atom is 0.225 e. The van der Waals surface area contributed by atoms with Crippen LogP contribution in [0.15, 0.2) is 30.3 Å². The first-order valence-electron chi connectivity index (χ1n) is 7.97. The van der Waals surface area contributed by atoms with Gasteiger partial charge in [0.25, 0.3) is 0 Å². The van der Waals surface area contributed by atoms with Crippen molar-refractivity contribution in [2.75, 3.05) is 13.1 Å². The van der Waals surface area contributed by atoms with Crippen molar-refractivity contribution in [1.82, 2.24) is 4.90 Å². The normalized spacial score (nSPS) is 17.6. The van der Waals surface area contributed by atoms with E-state index in [0.29, 0.717) is 23.7 Å². The van der Waals surface area contributed by atoms with Gasteiger partial charge >= 0.3 is 0 Å². The maximum absolute atomic E-state index is 12.3. The molecule has 1 aliphatic rings. The predicted molar refractivity (Wildman–Crippen MR) is 83.6 cm³/mol. The third kappa shape index (κ3) is 3.84. The Bertz CT molecular complexity index is 424. The van der Waals surface area contributed by atoms with Crippen LogP contribution in [-0.4, -0.2) is 23.9 Å². The highest BCUT2D eigenvalue weighted by Crippen LogP contribution is 2.32. The molecule has 1 aliphatic carbocycles. The minimum atomic E-state index is 0.334. The maximum atomic E-state index is 12.3. The van der Waals surface area contributed by atoms with Gasteiger partial charge in [0, 0.05) is 19.0 Å². The molecule has 0 radical (unpaired) electrons. The molecule has 0 bridgehead atoms. The van der Waals surface area contributed by atoms with E-state index in [1.54, 1.807) is 0 Å². The Labute approximate surface area is 123 Å². The lowest BCUT2D eigenvalue weighted by Gasteiger charge is -2.29. The second kappa shape index (κ2) is 6.92. The van der Waals surface area contributed by atoms with Crippen molar-refractivity contribution in [3.63, 3.8) is 0 Å². The van der Waals surface area contributed by atoms with Gasteiger partial charge in [0.05, 0.1) is 0 Å². The lowest BCUT2D eigenvalue weighted by atomic mass is 9.88. The van der Waals surface area contributed by atoms with Gasteiger partial charge in [-0.2, -0.15) is 0 Å². The molecule has 0 heterocycles. The Morgan fingerprint density at radius 3 is 2.45 bits per heavy atom. The van der Waals surface area contributed by atoms with E-state index in [-0.39, 0.29) is 0 Å². The van der Waals surface area contributed by atoms with E-state index < -0.39 is 0 Å². The summed E-state index contributed by atoms with van der Waals surface area (Å²) >= 11 is 0. The number of carbonyl (C=O) groups is 1. The van der Waals surface area contributed by atoms with Gasteiger partial charge in [-0.1, -0.05) is 51.1 Å². The van der Waals surface area contributed by atoms with E-state index >= 15 is 0 Å². The molecule has 0 N–H and O–H groups in total. The molecular weight excluding hydrogens is 246 g/mol. The Morgan fingerprint density at radius 1 is 1.25 bits per heavy atom. The highest BCUT2D eigenvalue weighted by molar-refractivity contribution is 5.81. The van der Waals surface area contributed by atoms with Gasteiger partial charge in [-0.15, -0.1) is 0 Å². The fourth-order valence-corrected chi connectivity index (χ4v) is 2.74. The largest absolute Gasteiger partial charge is 0.342 e. The van der Waals surface area contributed by atoms with Gasteiger partial charge in [-0.3, -0.25) is 4.79 Å². The van der Waals surface area contributed by atoms with E-state index in [1.165, 1.54) is 5.56 Å². The summed E-state index contributed by atoms with van der Waals surface area (Å²) in [6, 6.07) is 10.6. The van der Waals surface area contributed by atoms with Gasteiger partial charge in [0.2, 0.25) is 5.91 Å². The molecule has 1 saturated carbocycles. The minimum Gasteiger partial charge on any atom is -0.342 e. The van der Waals surface area contributed by atoms with Crippen LogP contribution in [0.25, 0.3) is 0 Å². The molecule has 1 amide bonds. The van der Waals surface area contributed by atoms with Crippen LogP contribution < -0.4 is 0 Å². The zero-order valence-electron chi connectivity index (χ0n) is 13.0. The fourth-order valence-electron chi connectivity index (χ4n) is 2.74. The second-order valence-corrected chi connectivity index (χ2v) is 6.24. The molecule has 0 aliphatic heterocycles. The third-order valence-electron chi connectivity index (χ3n) is 4.42. The number of amides is 1. The monoisotopic (exact) mass is 273 g/mol.